The number of aromatic nitrogens is 2. The van der Waals surface area contributed by atoms with Gasteiger partial charge in [-0.1, -0.05) is 30.3 Å². The number of nitrogens with one attached hydrogen (secondary N) is 1. The van der Waals surface area contributed by atoms with Gasteiger partial charge in [0, 0.05) is 28.7 Å². The molecule has 2 heterocycles. The third kappa shape index (κ3) is 2.81. The van der Waals surface area contributed by atoms with Crippen molar-refractivity contribution >= 4 is 0 Å². The number of pyridine rings is 1. The topological polar surface area (TPSA) is 54.7 Å². The van der Waals surface area contributed by atoms with Crippen LogP contribution in [0.3, 0.4) is 0 Å². The Bertz CT molecular complexity index is 770. The SMILES string of the molecule is Cc1cc(-c2ncccc2-c2ccc(CCN)cc2)c(C)[nH]1. The van der Waals surface area contributed by atoms with Crippen LogP contribution in [0.1, 0.15) is 17.0 Å². The molecular weight excluding hydrogens is 270 g/mol. The molecule has 0 radical (unpaired) electrons. The number of aryl methyl sites for hydroxylation is 2. The van der Waals surface area contributed by atoms with Crippen molar-refractivity contribution in [3.63, 3.8) is 0 Å². The standard InChI is InChI=1S/C19H21N3/c1-13-12-18(14(2)22-13)19-17(4-3-11-21-19)16-7-5-15(6-8-16)9-10-20/h3-8,11-12,22H,9-10,20H2,1-2H3. The maximum absolute atomic E-state index is 5.62. The zero-order valence-corrected chi connectivity index (χ0v) is 13.1. The Kier molecular flexibility index (Phi) is 4.07. The van der Waals surface area contributed by atoms with Crippen LogP contribution < -0.4 is 5.73 Å². The van der Waals surface area contributed by atoms with Gasteiger partial charge >= 0.3 is 0 Å². The average molecular weight is 291 g/mol. The summed E-state index contributed by atoms with van der Waals surface area (Å²) in [5.74, 6) is 0. The van der Waals surface area contributed by atoms with Gasteiger partial charge in [-0.3, -0.25) is 4.98 Å². The van der Waals surface area contributed by atoms with E-state index in [9.17, 15) is 0 Å². The fourth-order valence-electron chi connectivity index (χ4n) is 2.84. The van der Waals surface area contributed by atoms with E-state index < -0.39 is 0 Å². The summed E-state index contributed by atoms with van der Waals surface area (Å²) in [5.41, 5.74) is 13.7. The second kappa shape index (κ2) is 6.16. The van der Waals surface area contributed by atoms with E-state index in [0.29, 0.717) is 6.54 Å². The molecule has 3 rings (SSSR count). The first-order valence-corrected chi connectivity index (χ1v) is 7.60. The van der Waals surface area contributed by atoms with Gasteiger partial charge in [0.05, 0.1) is 5.69 Å². The Morgan fingerprint density at radius 3 is 2.45 bits per heavy atom. The molecule has 112 valence electrons. The van der Waals surface area contributed by atoms with Crippen LogP contribution in [-0.4, -0.2) is 16.5 Å². The Morgan fingerprint density at radius 2 is 1.82 bits per heavy atom. The lowest BCUT2D eigenvalue weighted by Crippen LogP contribution is -2.02. The van der Waals surface area contributed by atoms with E-state index in [1.807, 2.05) is 12.3 Å². The summed E-state index contributed by atoms with van der Waals surface area (Å²) < 4.78 is 0. The Hall–Kier alpha value is -2.39. The molecule has 2 aromatic heterocycles. The van der Waals surface area contributed by atoms with Gasteiger partial charge in [0.25, 0.3) is 0 Å². The molecule has 0 atom stereocenters. The third-order valence-electron chi connectivity index (χ3n) is 3.91. The minimum Gasteiger partial charge on any atom is -0.362 e. The molecular formula is C19H21N3. The molecule has 3 N–H and O–H groups in total. The molecule has 0 aliphatic rings. The van der Waals surface area contributed by atoms with Crippen molar-refractivity contribution in [2.24, 2.45) is 5.73 Å². The van der Waals surface area contributed by atoms with Crippen molar-refractivity contribution in [3.05, 3.63) is 65.6 Å². The molecule has 0 saturated heterocycles. The van der Waals surface area contributed by atoms with E-state index in [4.69, 9.17) is 5.73 Å². The van der Waals surface area contributed by atoms with Gasteiger partial charge in [0.2, 0.25) is 0 Å². The predicted octanol–water partition coefficient (Wildman–Crippen LogP) is 3.86. The molecule has 0 amide bonds. The summed E-state index contributed by atoms with van der Waals surface area (Å²) in [7, 11) is 0. The van der Waals surface area contributed by atoms with Crippen molar-refractivity contribution < 1.29 is 0 Å². The monoisotopic (exact) mass is 291 g/mol. The maximum Gasteiger partial charge on any atom is 0.0798 e. The van der Waals surface area contributed by atoms with Crippen LogP contribution in [0.25, 0.3) is 22.4 Å². The molecule has 0 bridgehead atoms. The van der Waals surface area contributed by atoms with Gasteiger partial charge in [-0.05, 0) is 50.1 Å². The van der Waals surface area contributed by atoms with Gasteiger partial charge in [-0.2, -0.15) is 0 Å². The lowest BCUT2D eigenvalue weighted by molar-refractivity contribution is 0.969. The van der Waals surface area contributed by atoms with E-state index in [1.165, 1.54) is 16.7 Å². The van der Waals surface area contributed by atoms with E-state index in [0.717, 1.165) is 29.1 Å². The first-order chi connectivity index (χ1) is 10.7. The zero-order chi connectivity index (χ0) is 15.5. The summed E-state index contributed by atoms with van der Waals surface area (Å²) in [5, 5.41) is 0. The van der Waals surface area contributed by atoms with E-state index in [-0.39, 0.29) is 0 Å². The first-order valence-electron chi connectivity index (χ1n) is 7.60. The molecule has 3 aromatic rings. The first kappa shape index (κ1) is 14.5. The Morgan fingerprint density at radius 1 is 1.05 bits per heavy atom. The summed E-state index contributed by atoms with van der Waals surface area (Å²) >= 11 is 0. The highest BCUT2D eigenvalue weighted by Gasteiger charge is 2.12. The van der Waals surface area contributed by atoms with Gasteiger partial charge in [-0.15, -0.1) is 0 Å². The van der Waals surface area contributed by atoms with E-state index in [1.54, 1.807) is 0 Å². The maximum atomic E-state index is 5.62. The summed E-state index contributed by atoms with van der Waals surface area (Å²) in [6, 6.07) is 14.9. The summed E-state index contributed by atoms with van der Waals surface area (Å²) in [6.07, 6.45) is 2.76. The van der Waals surface area contributed by atoms with Gasteiger partial charge in [-0.25, -0.2) is 0 Å². The minimum atomic E-state index is 0.680. The molecule has 22 heavy (non-hydrogen) atoms. The number of hydrogen-bond donors (Lipinski definition) is 2. The molecule has 3 nitrogen and oxygen atoms in total. The summed E-state index contributed by atoms with van der Waals surface area (Å²) in [4.78, 5) is 7.97. The number of nitrogens with two attached hydrogens (primary N) is 1. The smallest absolute Gasteiger partial charge is 0.0798 e. The number of benzene rings is 1. The fraction of sp³-hybridized carbons (Fsp3) is 0.211. The quantitative estimate of drug-likeness (QED) is 0.767. The van der Waals surface area contributed by atoms with Crippen molar-refractivity contribution in [2.75, 3.05) is 6.54 Å². The molecule has 0 unspecified atom stereocenters. The lowest BCUT2D eigenvalue weighted by atomic mass is 9.98. The van der Waals surface area contributed by atoms with E-state index in [2.05, 4.69) is 60.2 Å². The number of nitrogens with zero attached hydrogens (tertiary/aromatic N) is 1. The van der Waals surface area contributed by atoms with Crippen molar-refractivity contribution in [1.29, 1.82) is 0 Å². The van der Waals surface area contributed by atoms with Crippen molar-refractivity contribution in [2.45, 2.75) is 20.3 Å². The van der Waals surface area contributed by atoms with Crippen molar-refractivity contribution in [1.82, 2.24) is 9.97 Å². The van der Waals surface area contributed by atoms with E-state index >= 15 is 0 Å². The largest absolute Gasteiger partial charge is 0.362 e. The molecule has 1 aromatic carbocycles. The Labute approximate surface area is 131 Å². The van der Waals surface area contributed by atoms with Crippen LogP contribution in [-0.2, 0) is 6.42 Å². The highest BCUT2D eigenvalue weighted by Crippen LogP contribution is 2.32. The zero-order valence-electron chi connectivity index (χ0n) is 13.1. The van der Waals surface area contributed by atoms with Crippen LogP contribution in [0.15, 0.2) is 48.7 Å². The molecule has 3 heteroatoms. The lowest BCUT2D eigenvalue weighted by Gasteiger charge is -2.09. The minimum absolute atomic E-state index is 0.680. The van der Waals surface area contributed by atoms with Crippen molar-refractivity contribution in [3.8, 4) is 22.4 Å². The molecule has 0 fully saturated rings. The summed E-state index contributed by atoms with van der Waals surface area (Å²) in [6.45, 7) is 4.84. The molecule has 0 spiro atoms. The number of aromatic amines is 1. The third-order valence-corrected chi connectivity index (χ3v) is 3.91. The fourth-order valence-corrected chi connectivity index (χ4v) is 2.84. The van der Waals surface area contributed by atoms with Crippen LogP contribution >= 0.6 is 0 Å². The second-order valence-electron chi connectivity index (χ2n) is 5.63. The number of rotatable bonds is 4. The number of hydrogen-bond acceptors (Lipinski definition) is 2. The van der Waals surface area contributed by atoms with Crippen LogP contribution in [0.5, 0.6) is 0 Å². The van der Waals surface area contributed by atoms with Crippen LogP contribution in [0, 0.1) is 13.8 Å². The van der Waals surface area contributed by atoms with Gasteiger partial charge in [0.15, 0.2) is 0 Å². The van der Waals surface area contributed by atoms with Gasteiger partial charge in [0.1, 0.15) is 0 Å². The highest BCUT2D eigenvalue weighted by molar-refractivity contribution is 5.81. The highest BCUT2D eigenvalue weighted by atomic mass is 14.7. The molecule has 0 aliphatic carbocycles. The predicted molar refractivity (Wildman–Crippen MR) is 91.7 cm³/mol. The van der Waals surface area contributed by atoms with Gasteiger partial charge < -0.3 is 10.7 Å². The molecule has 0 aliphatic heterocycles. The Balaban J connectivity index is 2.06. The van der Waals surface area contributed by atoms with Crippen LogP contribution in [0.4, 0.5) is 0 Å². The second-order valence-corrected chi connectivity index (χ2v) is 5.63. The number of H-pyrrole nitrogens is 1. The normalized spacial score (nSPS) is 10.9. The average Bonchev–Trinajstić information content (AvgIpc) is 2.87. The van der Waals surface area contributed by atoms with Crippen LogP contribution in [0.2, 0.25) is 0 Å². The molecule has 0 saturated carbocycles.